The van der Waals surface area contributed by atoms with Gasteiger partial charge in [-0.1, -0.05) is 56.6 Å². The van der Waals surface area contributed by atoms with Crippen LogP contribution >= 0.6 is 11.6 Å². The summed E-state index contributed by atoms with van der Waals surface area (Å²) in [6, 6.07) is 14.3. The summed E-state index contributed by atoms with van der Waals surface area (Å²) in [5.74, 6) is 0.153. The highest BCUT2D eigenvalue weighted by Gasteiger charge is 2.27. The zero-order valence-corrected chi connectivity index (χ0v) is 20.0. The Balaban J connectivity index is 2.12. The Hall–Kier alpha value is -2.53. The summed E-state index contributed by atoms with van der Waals surface area (Å²) in [5.41, 5.74) is 2.12. The van der Waals surface area contributed by atoms with Gasteiger partial charge in [0.25, 0.3) is 5.91 Å². The van der Waals surface area contributed by atoms with Gasteiger partial charge in [-0.05, 0) is 61.6 Å². The number of ether oxygens (including phenoxy) is 1. The maximum Gasteiger partial charge on any atom is 0.261 e. The number of nitrogens with zero attached hydrogens (tertiary/aromatic N) is 1. The third kappa shape index (κ3) is 7.59. The van der Waals surface area contributed by atoms with E-state index in [2.05, 4.69) is 26.1 Å². The van der Waals surface area contributed by atoms with Crippen molar-refractivity contribution in [1.29, 1.82) is 0 Å². The van der Waals surface area contributed by atoms with Crippen LogP contribution in [0.2, 0.25) is 5.02 Å². The highest BCUT2D eigenvalue weighted by molar-refractivity contribution is 6.30. The molecule has 0 saturated heterocycles. The van der Waals surface area contributed by atoms with Crippen molar-refractivity contribution in [2.24, 2.45) is 0 Å². The maximum absolute atomic E-state index is 13.0. The van der Waals surface area contributed by atoms with E-state index in [9.17, 15) is 9.59 Å². The first-order valence-electron chi connectivity index (χ1n) is 10.5. The van der Waals surface area contributed by atoms with Gasteiger partial charge in [0, 0.05) is 17.6 Å². The smallest absolute Gasteiger partial charge is 0.261 e. The van der Waals surface area contributed by atoms with Crippen molar-refractivity contribution >= 4 is 23.4 Å². The highest BCUT2D eigenvalue weighted by Crippen LogP contribution is 2.24. The van der Waals surface area contributed by atoms with Gasteiger partial charge < -0.3 is 15.0 Å². The van der Waals surface area contributed by atoms with Gasteiger partial charge in [-0.25, -0.2) is 0 Å². The summed E-state index contributed by atoms with van der Waals surface area (Å²) >= 11 is 5.97. The van der Waals surface area contributed by atoms with Crippen LogP contribution in [0.5, 0.6) is 5.75 Å². The number of rotatable bonds is 8. The summed E-state index contributed by atoms with van der Waals surface area (Å²) in [7, 11) is 0. The number of halogens is 1. The quantitative estimate of drug-likeness (QED) is 0.626. The number of carbonyl (C=O) groups is 2. The van der Waals surface area contributed by atoms with Crippen molar-refractivity contribution in [3.05, 3.63) is 64.7 Å². The number of hydrogen-bond donors (Lipinski definition) is 1. The van der Waals surface area contributed by atoms with Gasteiger partial charge >= 0.3 is 0 Å². The molecule has 0 heterocycles. The van der Waals surface area contributed by atoms with Crippen LogP contribution < -0.4 is 10.1 Å². The van der Waals surface area contributed by atoms with Crippen LogP contribution in [0.15, 0.2) is 48.5 Å². The van der Waals surface area contributed by atoms with Gasteiger partial charge in [-0.3, -0.25) is 9.59 Å². The second-order valence-electron chi connectivity index (χ2n) is 9.05. The normalized spacial score (nSPS) is 12.4. The lowest BCUT2D eigenvalue weighted by Crippen LogP contribution is -2.50. The predicted molar refractivity (Wildman–Crippen MR) is 125 cm³/mol. The Bertz CT molecular complexity index is 871. The van der Waals surface area contributed by atoms with Gasteiger partial charge in [-0.2, -0.15) is 0 Å². The van der Waals surface area contributed by atoms with Gasteiger partial charge in [0.1, 0.15) is 11.8 Å². The van der Waals surface area contributed by atoms with E-state index in [1.807, 2.05) is 50.2 Å². The molecule has 5 nitrogen and oxygen atoms in total. The Kier molecular flexibility index (Phi) is 8.52. The van der Waals surface area contributed by atoms with Crippen molar-refractivity contribution in [3.63, 3.8) is 0 Å². The van der Waals surface area contributed by atoms with E-state index in [-0.39, 0.29) is 36.4 Å². The molecule has 0 radical (unpaired) electrons. The molecule has 0 aromatic heterocycles. The van der Waals surface area contributed by atoms with Crippen molar-refractivity contribution < 1.29 is 14.3 Å². The van der Waals surface area contributed by atoms with E-state index in [4.69, 9.17) is 16.3 Å². The molecule has 0 saturated carbocycles. The van der Waals surface area contributed by atoms with E-state index in [1.165, 1.54) is 10.5 Å². The molecule has 168 valence electrons. The summed E-state index contributed by atoms with van der Waals surface area (Å²) in [4.78, 5) is 27.2. The molecule has 1 atom stereocenters. The molecular weight excluding hydrogens is 412 g/mol. The maximum atomic E-state index is 13.0. The van der Waals surface area contributed by atoms with Crippen LogP contribution in [0, 0.1) is 0 Å². The molecule has 1 N–H and O–H groups in total. The number of nitrogens with one attached hydrogen (secondary N) is 1. The highest BCUT2D eigenvalue weighted by atomic mass is 35.5. The minimum Gasteiger partial charge on any atom is -0.484 e. The Morgan fingerprint density at radius 3 is 2.10 bits per heavy atom. The Morgan fingerprint density at radius 2 is 1.58 bits per heavy atom. The summed E-state index contributed by atoms with van der Waals surface area (Å²) in [6.07, 6.45) is 0. The molecule has 0 spiro atoms. The van der Waals surface area contributed by atoms with Crippen LogP contribution in [-0.2, 0) is 21.5 Å². The van der Waals surface area contributed by atoms with E-state index < -0.39 is 6.04 Å². The molecule has 6 heteroatoms. The fraction of sp³-hybridized carbons (Fsp3) is 0.440. The molecule has 0 aliphatic heterocycles. The monoisotopic (exact) mass is 444 g/mol. The van der Waals surface area contributed by atoms with Crippen molar-refractivity contribution in [1.82, 2.24) is 10.2 Å². The second-order valence-corrected chi connectivity index (χ2v) is 9.49. The van der Waals surface area contributed by atoms with E-state index in [0.29, 0.717) is 10.8 Å². The fourth-order valence-electron chi connectivity index (χ4n) is 3.05. The number of carbonyl (C=O) groups excluding carboxylic acids is 2. The van der Waals surface area contributed by atoms with Gasteiger partial charge in [0.05, 0.1) is 0 Å². The van der Waals surface area contributed by atoms with Crippen LogP contribution in [0.3, 0.4) is 0 Å². The average molecular weight is 445 g/mol. The minimum atomic E-state index is -0.641. The number of amides is 2. The Labute approximate surface area is 190 Å². The Morgan fingerprint density at radius 1 is 1.00 bits per heavy atom. The first-order valence-corrected chi connectivity index (χ1v) is 10.9. The summed E-state index contributed by atoms with van der Waals surface area (Å²) in [5, 5.41) is 3.49. The third-order valence-corrected chi connectivity index (χ3v) is 5.20. The van der Waals surface area contributed by atoms with Crippen LogP contribution in [0.4, 0.5) is 0 Å². The topological polar surface area (TPSA) is 58.6 Å². The molecule has 0 aliphatic rings. The van der Waals surface area contributed by atoms with Crippen molar-refractivity contribution in [3.8, 4) is 5.75 Å². The SMILES string of the molecule is CC(C)NC(=O)[C@@H](C)N(Cc1ccc(Cl)cc1)C(=O)COc1ccc(C(C)(C)C)cc1. The molecule has 0 unspecified atom stereocenters. The number of hydrogen-bond acceptors (Lipinski definition) is 3. The van der Waals surface area contributed by atoms with E-state index in [1.54, 1.807) is 19.1 Å². The van der Waals surface area contributed by atoms with Crippen molar-refractivity contribution in [2.75, 3.05) is 6.61 Å². The number of benzene rings is 2. The molecular formula is C25H33ClN2O3. The zero-order chi connectivity index (χ0) is 23.2. The summed E-state index contributed by atoms with van der Waals surface area (Å²) < 4.78 is 5.74. The van der Waals surface area contributed by atoms with Crippen LogP contribution in [-0.4, -0.2) is 35.4 Å². The summed E-state index contributed by atoms with van der Waals surface area (Å²) in [6.45, 7) is 12.1. The molecule has 2 amide bonds. The lowest BCUT2D eigenvalue weighted by atomic mass is 9.87. The van der Waals surface area contributed by atoms with Gasteiger partial charge in [0.2, 0.25) is 5.91 Å². The first kappa shape index (κ1) is 24.7. The standard InChI is InChI=1S/C25H33ClN2O3/c1-17(2)27-24(30)18(3)28(15-19-7-11-21(26)12-8-19)23(29)16-31-22-13-9-20(10-14-22)25(4,5)6/h7-14,17-18H,15-16H2,1-6H3,(H,27,30)/t18-/m1/s1. The third-order valence-electron chi connectivity index (χ3n) is 4.95. The largest absolute Gasteiger partial charge is 0.484 e. The molecule has 0 aliphatic carbocycles. The first-order chi connectivity index (χ1) is 14.5. The fourth-order valence-corrected chi connectivity index (χ4v) is 3.18. The lowest BCUT2D eigenvalue weighted by Gasteiger charge is -2.29. The van der Waals surface area contributed by atoms with E-state index >= 15 is 0 Å². The second kappa shape index (κ2) is 10.7. The lowest BCUT2D eigenvalue weighted by molar-refractivity contribution is -0.142. The molecule has 0 bridgehead atoms. The van der Waals surface area contributed by atoms with Gasteiger partial charge in [0.15, 0.2) is 6.61 Å². The molecule has 2 aromatic carbocycles. The molecule has 0 fully saturated rings. The van der Waals surface area contributed by atoms with Gasteiger partial charge in [-0.15, -0.1) is 0 Å². The zero-order valence-electron chi connectivity index (χ0n) is 19.2. The average Bonchev–Trinajstić information content (AvgIpc) is 2.70. The predicted octanol–water partition coefficient (Wildman–Crippen LogP) is 4.96. The minimum absolute atomic E-state index is 0.0139. The molecule has 31 heavy (non-hydrogen) atoms. The van der Waals surface area contributed by atoms with Crippen LogP contribution in [0.1, 0.15) is 52.7 Å². The molecule has 2 rings (SSSR count). The van der Waals surface area contributed by atoms with E-state index in [0.717, 1.165) is 5.56 Å². The van der Waals surface area contributed by atoms with Crippen molar-refractivity contribution in [2.45, 2.75) is 65.6 Å². The van der Waals surface area contributed by atoms with Crippen LogP contribution in [0.25, 0.3) is 0 Å². The molecule has 2 aromatic rings.